The van der Waals surface area contributed by atoms with Crippen LogP contribution < -0.4 is 5.73 Å². The number of hydrogen-bond donors (Lipinski definition) is 7. The highest BCUT2D eigenvalue weighted by molar-refractivity contribution is 5.75. The van der Waals surface area contributed by atoms with E-state index in [9.17, 15) is 9.59 Å². The maximum atomic E-state index is 10.1. The second-order valence-electron chi connectivity index (χ2n) is 5.21. The molecule has 0 aliphatic carbocycles. The van der Waals surface area contributed by atoms with Crippen LogP contribution in [0, 0.1) is 0 Å². The monoisotopic (exact) mass is 345 g/mol. The molecule has 0 bridgehead atoms. The Bertz CT molecular complexity index is 483. The van der Waals surface area contributed by atoms with E-state index in [0.29, 0.717) is 0 Å². The van der Waals surface area contributed by atoms with Crippen molar-refractivity contribution in [3.05, 3.63) is 35.9 Å². The van der Waals surface area contributed by atoms with Crippen molar-refractivity contribution in [1.29, 1.82) is 0 Å². The van der Waals surface area contributed by atoms with Crippen LogP contribution in [0.1, 0.15) is 12.5 Å². The van der Waals surface area contributed by atoms with Gasteiger partial charge in [-0.3, -0.25) is 0 Å². The molecule has 0 aliphatic heterocycles. The molecule has 1 rings (SSSR count). The Hall–Kier alpha value is -2.04. The van der Waals surface area contributed by atoms with E-state index in [1.54, 1.807) is 0 Å². The number of aliphatic hydroxyl groups excluding tert-OH is 4. The number of carbonyl (C=O) groups is 2. The molecule has 0 aliphatic rings. The Morgan fingerprint density at radius 2 is 1.29 bits per heavy atom. The number of benzene rings is 1. The lowest BCUT2D eigenvalue weighted by Crippen LogP contribution is -2.49. The fourth-order valence-electron chi connectivity index (χ4n) is 1.65. The van der Waals surface area contributed by atoms with Gasteiger partial charge >= 0.3 is 11.9 Å². The second-order valence-corrected chi connectivity index (χ2v) is 5.21. The Kier molecular flexibility index (Phi) is 9.77. The van der Waals surface area contributed by atoms with Crippen LogP contribution >= 0.6 is 0 Å². The smallest absolute Gasteiger partial charge is 0.335 e. The highest BCUT2D eigenvalue weighted by atomic mass is 16.4. The van der Waals surface area contributed by atoms with Gasteiger partial charge in [-0.15, -0.1) is 0 Å². The van der Waals surface area contributed by atoms with E-state index in [4.69, 9.17) is 36.4 Å². The minimum atomic E-state index is -2.36. The first-order chi connectivity index (χ1) is 11.1. The molecule has 0 aromatic heterocycles. The molecule has 0 spiro atoms. The normalized spacial score (nSPS) is 16.8. The first-order valence-electron chi connectivity index (χ1n) is 7.05. The van der Waals surface area contributed by atoms with Crippen molar-refractivity contribution in [3.8, 4) is 0 Å². The van der Waals surface area contributed by atoms with Crippen molar-refractivity contribution in [2.75, 3.05) is 0 Å². The molecule has 5 atom stereocenters. The average molecular weight is 345 g/mol. The molecule has 1 aromatic rings. The Balaban J connectivity index is 0.000000463. The minimum Gasteiger partial charge on any atom is -0.479 e. The summed E-state index contributed by atoms with van der Waals surface area (Å²) in [5.41, 5.74) is 6.94. The van der Waals surface area contributed by atoms with Crippen LogP contribution in [0.15, 0.2) is 30.3 Å². The largest absolute Gasteiger partial charge is 0.479 e. The topological polar surface area (TPSA) is 182 Å². The minimum absolute atomic E-state index is 0.266. The second kappa shape index (κ2) is 10.7. The molecule has 8 N–H and O–H groups in total. The first-order valence-corrected chi connectivity index (χ1v) is 7.05. The lowest BCUT2D eigenvalue weighted by Gasteiger charge is -2.21. The van der Waals surface area contributed by atoms with E-state index >= 15 is 0 Å². The number of aliphatic hydroxyl groups is 4. The van der Waals surface area contributed by atoms with Gasteiger partial charge < -0.3 is 36.4 Å². The molecule has 4 unspecified atom stereocenters. The molecule has 0 saturated carbocycles. The summed E-state index contributed by atoms with van der Waals surface area (Å²) in [4.78, 5) is 20.2. The zero-order valence-electron chi connectivity index (χ0n) is 13.1. The zero-order chi connectivity index (χ0) is 18.9. The van der Waals surface area contributed by atoms with Crippen LogP contribution in [0.2, 0.25) is 0 Å². The van der Waals surface area contributed by atoms with Crippen molar-refractivity contribution in [2.45, 2.75) is 43.8 Å². The van der Waals surface area contributed by atoms with Crippen LogP contribution in [0.5, 0.6) is 0 Å². The summed E-state index contributed by atoms with van der Waals surface area (Å²) in [6.45, 7) is 2.02. The molecule has 24 heavy (non-hydrogen) atoms. The molecule has 0 heterocycles. The van der Waals surface area contributed by atoms with Crippen LogP contribution in [0.3, 0.4) is 0 Å². The highest BCUT2D eigenvalue weighted by Crippen LogP contribution is 2.05. The first kappa shape index (κ1) is 22.0. The van der Waals surface area contributed by atoms with E-state index < -0.39 is 36.4 Å². The van der Waals surface area contributed by atoms with Gasteiger partial charge in [0.25, 0.3) is 0 Å². The molecular formula is C15H23NO8. The molecule has 0 saturated heterocycles. The van der Waals surface area contributed by atoms with Gasteiger partial charge in [-0.2, -0.15) is 0 Å². The predicted molar refractivity (Wildman–Crippen MR) is 83.1 cm³/mol. The van der Waals surface area contributed by atoms with E-state index in [1.165, 1.54) is 5.56 Å². The third-order valence-electron chi connectivity index (χ3n) is 2.90. The van der Waals surface area contributed by atoms with Crippen molar-refractivity contribution < 1.29 is 40.2 Å². The number of carboxylic acid groups (broad SMARTS) is 2. The summed E-state index contributed by atoms with van der Waals surface area (Å²) in [6, 6.07) is 10.6. The maximum absolute atomic E-state index is 10.1. The maximum Gasteiger partial charge on any atom is 0.335 e. The van der Waals surface area contributed by atoms with Gasteiger partial charge in [-0.1, -0.05) is 30.3 Å². The lowest BCUT2D eigenvalue weighted by molar-refractivity contribution is -0.172. The average Bonchev–Trinajstić information content (AvgIpc) is 2.52. The number of aliphatic carboxylic acids is 2. The van der Waals surface area contributed by atoms with Crippen molar-refractivity contribution in [1.82, 2.24) is 0 Å². The van der Waals surface area contributed by atoms with Gasteiger partial charge in [0.05, 0.1) is 0 Å². The van der Waals surface area contributed by atoms with Crippen LogP contribution in [-0.2, 0) is 16.0 Å². The third-order valence-corrected chi connectivity index (χ3v) is 2.90. The van der Waals surface area contributed by atoms with Crippen molar-refractivity contribution in [2.24, 2.45) is 5.73 Å². The molecule has 0 fully saturated rings. The number of carboxylic acids is 2. The van der Waals surface area contributed by atoms with Crippen LogP contribution in [0.4, 0.5) is 0 Å². The quantitative estimate of drug-likeness (QED) is 0.299. The SMILES string of the molecule is C[C@H](N)Cc1ccccc1.O=C(O)C(O)C(O)C(O)C(O)C(=O)O. The van der Waals surface area contributed by atoms with E-state index in [-0.39, 0.29) is 6.04 Å². The molecule has 136 valence electrons. The van der Waals surface area contributed by atoms with Gasteiger partial charge in [0.2, 0.25) is 0 Å². The summed E-state index contributed by atoms with van der Waals surface area (Å²) in [7, 11) is 0. The fourth-order valence-corrected chi connectivity index (χ4v) is 1.65. The Morgan fingerprint density at radius 3 is 1.58 bits per heavy atom. The van der Waals surface area contributed by atoms with E-state index in [0.717, 1.165) is 6.42 Å². The molecule has 0 amide bonds. The number of hydrogen-bond acceptors (Lipinski definition) is 7. The van der Waals surface area contributed by atoms with Gasteiger partial charge in [-0.25, -0.2) is 9.59 Å². The van der Waals surface area contributed by atoms with Crippen LogP contribution in [0.25, 0.3) is 0 Å². The van der Waals surface area contributed by atoms with Gasteiger partial charge in [0.1, 0.15) is 12.2 Å². The van der Waals surface area contributed by atoms with Gasteiger partial charge in [0, 0.05) is 6.04 Å². The lowest BCUT2D eigenvalue weighted by atomic mass is 10.0. The van der Waals surface area contributed by atoms with Gasteiger partial charge in [-0.05, 0) is 18.9 Å². The van der Waals surface area contributed by atoms with Crippen molar-refractivity contribution in [3.63, 3.8) is 0 Å². The molecule has 1 aromatic carbocycles. The third kappa shape index (κ3) is 7.99. The standard InChI is InChI=1S/C9H13N.C6H10O8/c1-8(10)7-9-5-3-2-4-6-9;7-1(3(9)5(11)12)2(8)4(10)6(13)14/h2-6,8H,7,10H2,1H3;1-4,7-10H,(H,11,12)(H,13,14)/t8-;/m0./s1. The Morgan fingerprint density at radius 1 is 0.917 bits per heavy atom. The Labute approximate surface area is 138 Å². The summed E-state index contributed by atoms with van der Waals surface area (Å²) in [5, 5.41) is 51.5. The summed E-state index contributed by atoms with van der Waals surface area (Å²) in [5.74, 6) is -3.68. The number of rotatable bonds is 7. The summed E-state index contributed by atoms with van der Waals surface area (Å²) >= 11 is 0. The van der Waals surface area contributed by atoms with Crippen LogP contribution in [-0.4, -0.2) is 73.0 Å². The summed E-state index contributed by atoms with van der Waals surface area (Å²) < 4.78 is 0. The highest BCUT2D eigenvalue weighted by Gasteiger charge is 2.37. The van der Waals surface area contributed by atoms with Gasteiger partial charge in [0.15, 0.2) is 12.2 Å². The number of nitrogens with two attached hydrogens (primary N) is 1. The molecule has 9 heteroatoms. The zero-order valence-corrected chi connectivity index (χ0v) is 13.1. The molecular weight excluding hydrogens is 322 g/mol. The van der Waals surface area contributed by atoms with Crippen molar-refractivity contribution >= 4 is 11.9 Å². The van der Waals surface area contributed by atoms with E-state index in [2.05, 4.69) is 12.1 Å². The van der Waals surface area contributed by atoms with E-state index in [1.807, 2.05) is 25.1 Å². The molecule has 9 nitrogen and oxygen atoms in total. The fraction of sp³-hybridized carbons (Fsp3) is 0.467. The molecule has 0 radical (unpaired) electrons. The summed E-state index contributed by atoms with van der Waals surface area (Å²) in [6.07, 6.45) is -8.31. The predicted octanol–water partition coefficient (Wildman–Crippen LogP) is -1.82.